The van der Waals surface area contributed by atoms with Gasteiger partial charge in [0.1, 0.15) is 11.6 Å². The molecule has 11 heteroatoms. The van der Waals surface area contributed by atoms with Crippen LogP contribution >= 0.6 is 11.6 Å². The van der Waals surface area contributed by atoms with Crippen molar-refractivity contribution in [1.29, 1.82) is 0 Å². The Kier molecular flexibility index (Phi) is 5.68. The molecule has 0 aliphatic carbocycles. The van der Waals surface area contributed by atoms with E-state index in [1.165, 1.54) is 17.0 Å². The van der Waals surface area contributed by atoms with Crippen molar-refractivity contribution in [2.45, 2.75) is 25.6 Å². The number of hydrogen-bond acceptors (Lipinski definition) is 6. The first-order chi connectivity index (χ1) is 15.1. The van der Waals surface area contributed by atoms with Crippen molar-refractivity contribution in [2.75, 3.05) is 25.7 Å². The van der Waals surface area contributed by atoms with Crippen LogP contribution in [0.3, 0.4) is 0 Å². The van der Waals surface area contributed by atoms with Gasteiger partial charge in [0.2, 0.25) is 0 Å². The fourth-order valence-corrected chi connectivity index (χ4v) is 4.31. The van der Waals surface area contributed by atoms with Gasteiger partial charge in [-0.2, -0.15) is 13.2 Å². The maximum Gasteiger partial charge on any atom is 0.417 e. The average Bonchev–Trinajstić information content (AvgIpc) is 3.10. The molecule has 3 heterocycles. The van der Waals surface area contributed by atoms with E-state index in [2.05, 4.69) is 10.4 Å². The molecule has 2 aliphatic heterocycles. The number of methoxy groups -OCH3 is 1. The number of carbonyl (C=O) groups excluding carboxylic acids is 1. The molecule has 1 aromatic heterocycles. The van der Waals surface area contributed by atoms with Crippen LogP contribution < -0.4 is 15.2 Å². The fourth-order valence-electron chi connectivity index (χ4n) is 3.99. The molecular weight excluding hydrogens is 447 g/mol. The number of rotatable bonds is 3. The zero-order chi connectivity index (χ0) is 23.2. The van der Waals surface area contributed by atoms with E-state index in [1.807, 2.05) is 25.0 Å². The molecule has 0 saturated carbocycles. The highest BCUT2D eigenvalue weighted by molar-refractivity contribution is 6.34. The van der Waals surface area contributed by atoms with Crippen LogP contribution in [-0.2, 0) is 6.18 Å². The Bertz CT molecular complexity index is 1070. The number of nitrogens with zero attached hydrogens (tertiary/aromatic N) is 4. The lowest BCUT2D eigenvalue weighted by atomic mass is 10.0. The third-order valence-electron chi connectivity index (χ3n) is 5.59. The molecule has 2 aromatic rings. The molecule has 1 aromatic carbocycles. The molecule has 1 unspecified atom stereocenters. The summed E-state index contributed by atoms with van der Waals surface area (Å²) in [5, 5.41) is 3.06. The molecule has 4 rings (SSSR count). The lowest BCUT2D eigenvalue weighted by Crippen LogP contribution is -2.46. The van der Waals surface area contributed by atoms with E-state index >= 15 is 0 Å². The Morgan fingerprint density at radius 3 is 2.66 bits per heavy atom. The molecule has 0 bridgehead atoms. The van der Waals surface area contributed by atoms with Crippen molar-refractivity contribution in [3.05, 3.63) is 64.1 Å². The van der Waals surface area contributed by atoms with Gasteiger partial charge in [-0.3, -0.25) is 4.79 Å². The number of carbonyl (C=O) groups is 1. The Hall–Kier alpha value is -2.98. The number of halogens is 4. The summed E-state index contributed by atoms with van der Waals surface area (Å²) >= 11 is 5.99. The summed E-state index contributed by atoms with van der Waals surface area (Å²) in [5.74, 6) is 0.744. The lowest BCUT2D eigenvalue weighted by Gasteiger charge is -2.35. The van der Waals surface area contributed by atoms with Gasteiger partial charge >= 0.3 is 6.18 Å². The molecule has 7 nitrogen and oxygen atoms in total. The second kappa shape index (κ2) is 8.18. The van der Waals surface area contributed by atoms with Crippen molar-refractivity contribution >= 4 is 23.3 Å². The van der Waals surface area contributed by atoms with E-state index in [9.17, 15) is 18.0 Å². The smallest absolute Gasteiger partial charge is 0.417 e. The number of alkyl halides is 3. The van der Waals surface area contributed by atoms with Gasteiger partial charge in [0.15, 0.2) is 0 Å². The molecule has 32 heavy (non-hydrogen) atoms. The van der Waals surface area contributed by atoms with E-state index < -0.39 is 28.7 Å². The first-order valence-corrected chi connectivity index (χ1v) is 10.2. The third-order valence-corrected chi connectivity index (χ3v) is 6.00. The number of ether oxygens (including phenoxy) is 1. The number of amides is 1. The van der Waals surface area contributed by atoms with Gasteiger partial charge in [-0.15, -0.1) is 5.12 Å². The lowest BCUT2D eigenvalue weighted by molar-refractivity contribution is -0.137. The molecule has 170 valence electrons. The number of pyridine rings is 1. The molecule has 0 radical (unpaired) electrons. The Morgan fingerprint density at radius 1 is 1.28 bits per heavy atom. The van der Waals surface area contributed by atoms with Gasteiger partial charge in [0.25, 0.3) is 5.91 Å². The summed E-state index contributed by atoms with van der Waals surface area (Å²) in [6.45, 7) is 2.13. The van der Waals surface area contributed by atoms with Gasteiger partial charge in [-0.05, 0) is 31.2 Å². The van der Waals surface area contributed by atoms with Crippen LogP contribution in [0.5, 0.6) is 5.75 Å². The zero-order valence-corrected chi connectivity index (χ0v) is 18.3. The zero-order valence-electron chi connectivity index (χ0n) is 17.6. The minimum atomic E-state index is -4.64. The molecule has 0 fully saturated rings. The Morgan fingerprint density at radius 2 is 2.03 bits per heavy atom. The van der Waals surface area contributed by atoms with Crippen LogP contribution in [-0.4, -0.2) is 47.7 Å². The molecule has 0 saturated heterocycles. The van der Waals surface area contributed by atoms with Crippen LogP contribution in [0.25, 0.3) is 0 Å². The standard InChI is InChI=1S/C21H21ClF3N5O2/c1-12-19-16(30(28(2)27-19)17-8-7-13(32-3)11-26-17)9-10-29(12)20(31)14-5-4-6-15(18(14)22)21(23,24)25/h4-8,11-12,27H,9-10H2,1-3H3. The van der Waals surface area contributed by atoms with Gasteiger partial charge in [0.05, 0.1) is 46.9 Å². The maximum atomic E-state index is 13.2. The average molecular weight is 468 g/mol. The quantitative estimate of drug-likeness (QED) is 0.734. The first-order valence-electron chi connectivity index (χ1n) is 9.83. The third kappa shape index (κ3) is 3.73. The van der Waals surface area contributed by atoms with Crippen molar-refractivity contribution in [3.8, 4) is 5.75 Å². The second-order valence-electron chi connectivity index (χ2n) is 7.45. The van der Waals surface area contributed by atoms with Crippen LogP contribution in [0.15, 0.2) is 47.9 Å². The normalized spacial score (nSPS) is 19.2. The predicted octanol–water partition coefficient (Wildman–Crippen LogP) is 4.08. The van der Waals surface area contributed by atoms with Gasteiger partial charge in [0, 0.05) is 20.0 Å². The van der Waals surface area contributed by atoms with E-state index in [-0.39, 0.29) is 5.56 Å². The topological polar surface area (TPSA) is 60.9 Å². The summed E-state index contributed by atoms with van der Waals surface area (Å²) in [7, 11) is 3.37. The molecular formula is C21H21ClF3N5O2. The SMILES string of the molecule is COc1ccc(N2C3=C(NN2C)C(C)N(C(=O)c2cccc(C(F)(F)F)c2Cl)CC3)nc1. The van der Waals surface area contributed by atoms with Crippen LogP contribution in [0.1, 0.15) is 29.3 Å². The van der Waals surface area contributed by atoms with Crippen molar-refractivity contribution in [1.82, 2.24) is 20.4 Å². The van der Waals surface area contributed by atoms with Crippen LogP contribution in [0, 0.1) is 0 Å². The maximum absolute atomic E-state index is 13.2. The van der Waals surface area contributed by atoms with E-state index in [0.29, 0.717) is 24.5 Å². The number of anilines is 1. The Balaban J connectivity index is 1.63. The Labute approximate surface area is 188 Å². The summed E-state index contributed by atoms with van der Waals surface area (Å²) in [6, 6.07) is 6.58. The highest BCUT2D eigenvalue weighted by Crippen LogP contribution is 2.38. The number of hydrogen-bond donors (Lipinski definition) is 1. The predicted molar refractivity (Wildman–Crippen MR) is 113 cm³/mol. The minimum absolute atomic E-state index is 0.169. The van der Waals surface area contributed by atoms with E-state index in [0.717, 1.165) is 17.5 Å². The highest BCUT2D eigenvalue weighted by Gasteiger charge is 2.40. The number of nitrogens with one attached hydrogen (secondary N) is 1. The highest BCUT2D eigenvalue weighted by atomic mass is 35.5. The summed E-state index contributed by atoms with van der Waals surface area (Å²) in [4.78, 5) is 19.1. The molecule has 1 atom stereocenters. The van der Waals surface area contributed by atoms with Crippen LogP contribution in [0.2, 0.25) is 5.02 Å². The van der Waals surface area contributed by atoms with Crippen LogP contribution in [0.4, 0.5) is 19.0 Å². The minimum Gasteiger partial charge on any atom is -0.495 e. The summed E-state index contributed by atoms with van der Waals surface area (Å²) < 4.78 is 44.8. The van der Waals surface area contributed by atoms with Gasteiger partial charge in [-0.1, -0.05) is 17.7 Å². The summed E-state index contributed by atoms with van der Waals surface area (Å²) in [5.41, 5.74) is 3.74. The second-order valence-corrected chi connectivity index (χ2v) is 7.83. The van der Waals surface area contributed by atoms with Crippen molar-refractivity contribution < 1.29 is 22.7 Å². The number of aromatic nitrogens is 1. The van der Waals surface area contributed by atoms with Gasteiger partial charge in [-0.25, -0.2) is 9.99 Å². The van der Waals surface area contributed by atoms with Crippen molar-refractivity contribution in [3.63, 3.8) is 0 Å². The number of hydrazine groups is 2. The number of benzene rings is 1. The monoisotopic (exact) mass is 467 g/mol. The van der Waals surface area contributed by atoms with E-state index in [4.69, 9.17) is 16.3 Å². The molecule has 1 amide bonds. The molecule has 2 aliphatic rings. The largest absolute Gasteiger partial charge is 0.495 e. The molecule has 1 N–H and O–H groups in total. The summed E-state index contributed by atoms with van der Waals surface area (Å²) in [6.07, 6.45) is -2.55. The van der Waals surface area contributed by atoms with Gasteiger partial charge < -0.3 is 15.1 Å². The fraction of sp³-hybridized carbons (Fsp3) is 0.333. The molecule has 0 spiro atoms. The first kappa shape index (κ1) is 22.2. The van der Waals surface area contributed by atoms with E-state index in [1.54, 1.807) is 24.5 Å². The van der Waals surface area contributed by atoms with Crippen molar-refractivity contribution in [2.24, 2.45) is 0 Å².